The van der Waals surface area contributed by atoms with Gasteiger partial charge in [-0.15, -0.1) is 0 Å². The zero-order valence-electron chi connectivity index (χ0n) is 10.3. The molecule has 0 aliphatic rings. The van der Waals surface area contributed by atoms with Gasteiger partial charge in [0, 0.05) is 5.56 Å². The topological polar surface area (TPSA) is 52.6 Å². The molecular weight excluding hydrogens is 244 g/mol. The van der Waals surface area contributed by atoms with E-state index in [-0.39, 0.29) is 0 Å². The monoisotopic (exact) mass is 256 g/mol. The Morgan fingerprint density at radius 1 is 1.05 bits per heavy atom. The first-order chi connectivity index (χ1) is 9.22. The van der Waals surface area contributed by atoms with Crippen molar-refractivity contribution in [3.05, 3.63) is 59.7 Å². The number of ether oxygens (including phenoxy) is 2. The van der Waals surface area contributed by atoms with Crippen LogP contribution in [-0.4, -0.2) is 19.4 Å². The van der Waals surface area contributed by atoms with Gasteiger partial charge in [0.25, 0.3) is 0 Å². The molecule has 0 N–H and O–H groups in total. The summed E-state index contributed by atoms with van der Waals surface area (Å²) in [6.07, 6.45) is 0.730. The molecule has 0 heterocycles. The molecule has 4 nitrogen and oxygen atoms in total. The molecule has 0 saturated heterocycles. The van der Waals surface area contributed by atoms with Crippen molar-refractivity contribution in [3.8, 4) is 11.5 Å². The van der Waals surface area contributed by atoms with Crippen molar-refractivity contribution < 1.29 is 19.1 Å². The van der Waals surface area contributed by atoms with E-state index in [1.807, 2.05) is 0 Å². The van der Waals surface area contributed by atoms with Crippen LogP contribution < -0.4 is 9.47 Å². The molecule has 0 spiro atoms. The Hall–Kier alpha value is -2.62. The average Bonchev–Trinajstić information content (AvgIpc) is 2.48. The Morgan fingerprint density at radius 3 is 2.42 bits per heavy atom. The molecule has 0 saturated carbocycles. The predicted molar refractivity (Wildman–Crippen MR) is 69.8 cm³/mol. The Kier molecular flexibility index (Phi) is 3.93. The number of hydrogen-bond donors (Lipinski definition) is 0. The van der Waals surface area contributed by atoms with Crippen LogP contribution in [0.5, 0.6) is 11.5 Å². The fraction of sp³-hybridized carbons (Fsp3) is 0.0667. The summed E-state index contributed by atoms with van der Waals surface area (Å²) in [4.78, 5) is 22.4. The molecule has 96 valence electrons. The normalized spacial score (nSPS) is 9.74. The van der Waals surface area contributed by atoms with Gasteiger partial charge < -0.3 is 9.47 Å². The largest absolute Gasteiger partial charge is 0.497 e. The molecular formula is C15H12O4. The lowest BCUT2D eigenvalue weighted by atomic mass is 10.2. The second kappa shape index (κ2) is 5.82. The van der Waals surface area contributed by atoms with Crippen molar-refractivity contribution >= 4 is 12.3 Å². The molecule has 2 aromatic rings. The summed E-state index contributed by atoms with van der Waals surface area (Å²) in [6, 6.07) is 13.0. The molecule has 0 unspecified atom stereocenters. The van der Waals surface area contributed by atoms with Gasteiger partial charge in [-0.25, -0.2) is 4.79 Å². The molecule has 2 rings (SSSR count). The van der Waals surface area contributed by atoms with Gasteiger partial charge in [0.2, 0.25) is 0 Å². The Bertz CT molecular complexity index is 587. The fourth-order valence-electron chi connectivity index (χ4n) is 1.53. The highest BCUT2D eigenvalue weighted by molar-refractivity contribution is 5.91. The van der Waals surface area contributed by atoms with Crippen molar-refractivity contribution in [2.75, 3.05) is 7.11 Å². The standard InChI is InChI=1S/C15H12O4/c1-18-14-4-2-3-12(9-14)15(17)19-13-7-5-11(10-16)6-8-13/h2-10H,1H3. The minimum absolute atomic E-state index is 0.387. The van der Waals surface area contributed by atoms with E-state index in [1.165, 1.54) is 7.11 Å². The van der Waals surface area contributed by atoms with Crippen LogP contribution in [0.3, 0.4) is 0 Å². The third kappa shape index (κ3) is 3.19. The third-order valence-electron chi connectivity index (χ3n) is 2.53. The van der Waals surface area contributed by atoms with Crippen LogP contribution in [-0.2, 0) is 0 Å². The molecule has 0 amide bonds. The lowest BCUT2D eigenvalue weighted by Crippen LogP contribution is -2.08. The number of aldehydes is 1. The van der Waals surface area contributed by atoms with Gasteiger partial charge >= 0.3 is 5.97 Å². The van der Waals surface area contributed by atoms with Gasteiger partial charge in [-0.05, 0) is 42.5 Å². The van der Waals surface area contributed by atoms with E-state index in [1.54, 1.807) is 48.5 Å². The van der Waals surface area contributed by atoms with Crippen molar-refractivity contribution in [2.24, 2.45) is 0 Å². The highest BCUT2D eigenvalue weighted by atomic mass is 16.5. The highest BCUT2D eigenvalue weighted by Gasteiger charge is 2.09. The minimum atomic E-state index is -0.474. The molecule has 0 aliphatic heterocycles. The summed E-state index contributed by atoms with van der Waals surface area (Å²) in [5.41, 5.74) is 0.931. The van der Waals surface area contributed by atoms with E-state index in [0.29, 0.717) is 22.6 Å². The lowest BCUT2D eigenvalue weighted by Gasteiger charge is -2.05. The van der Waals surface area contributed by atoms with Crippen molar-refractivity contribution in [2.45, 2.75) is 0 Å². The van der Waals surface area contributed by atoms with E-state index in [0.717, 1.165) is 6.29 Å². The highest BCUT2D eigenvalue weighted by Crippen LogP contribution is 2.16. The summed E-state index contributed by atoms with van der Waals surface area (Å²) < 4.78 is 10.2. The van der Waals surface area contributed by atoms with E-state index >= 15 is 0 Å². The minimum Gasteiger partial charge on any atom is -0.497 e. The van der Waals surface area contributed by atoms with Crippen molar-refractivity contribution in [1.29, 1.82) is 0 Å². The number of benzene rings is 2. The molecule has 19 heavy (non-hydrogen) atoms. The molecule has 0 aromatic heterocycles. The van der Waals surface area contributed by atoms with Crippen LogP contribution in [0, 0.1) is 0 Å². The van der Waals surface area contributed by atoms with Crippen LogP contribution in [0.1, 0.15) is 20.7 Å². The fourth-order valence-corrected chi connectivity index (χ4v) is 1.53. The maximum absolute atomic E-state index is 11.9. The Morgan fingerprint density at radius 2 is 1.79 bits per heavy atom. The maximum Gasteiger partial charge on any atom is 0.343 e. The molecule has 0 radical (unpaired) electrons. The van der Waals surface area contributed by atoms with E-state index in [4.69, 9.17) is 9.47 Å². The number of carbonyl (C=O) groups excluding carboxylic acids is 2. The smallest absolute Gasteiger partial charge is 0.343 e. The average molecular weight is 256 g/mol. The Labute approximate surface area is 110 Å². The number of methoxy groups -OCH3 is 1. The quantitative estimate of drug-likeness (QED) is 0.479. The van der Waals surface area contributed by atoms with Crippen LogP contribution in [0.2, 0.25) is 0 Å². The predicted octanol–water partition coefficient (Wildman–Crippen LogP) is 2.73. The Balaban J connectivity index is 2.13. The van der Waals surface area contributed by atoms with E-state index < -0.39 is 5.97 Å². The van der Waals surface area contributed by atoms with Gasteiger partial charge in [0.1, 0.15) is 17.8 Å². The van der Waals surface area contributed by atoms with E-state index in [2.05, 4.69) is 0 Å². The van der Waals surface area contributed by atoms with Gasteiger partial charge in [0.05, 0.1) is 12.7 Å². The van der Waals surface area contributed by atoms with E-state index in [9.17, 15) is 9.59 Å². The number of hydrogen-bond acceptors (Lipinski definition) is 4. The third-order valence-corrected chi connectivity index (χ3v) is 2.53. The number of rotatable bonds is 4. The summed E-state index contributed by atoms with van der Waals surface area (Å²) >= 11 is 0. The van der Waals surface area contributed by atoms with Gasteiger partial charge in [-0.3, -0.25) is 4.79 Å². The summed E-state index contributed by atoms with van der Waals surface area (Å²) in [7, 11) is 1.53. The van der Waals surface area contributed by atoms with Crippen LogP contribution in [0.4, 0.5) is 0 Å². The van der Waals surface area contributed by atoms with Gasteiger partial charge in [0.15, 0.2) is 0 Å². The van der Waals surface area contributed by atoms with Crippen LogP contribution in [0.15, 0.2) is 48.5 Å². The lowest BCUT2D eigenvalue weighted by molar-refractivity contribution is 0.0734. The van der Waals surface area contributed by atoms with Crippen molar-refractivity contribution in [1.82, 2.24) is 0 Å². The van der Waals surface area contributed by atoms with Crippen molar-refractivity contribution in [3.63, 3.8) is 0 Å². The SMILES string of the molecule is COc1cccc(C(=O)Oc2ccc(C=O)cc2)c1. The van der Waals surface area contributed by atoms with Gasteiger partial charge in [-0.2, -0.15) is 0 Å². The molecule has 0 fully saturated rings. The number of carbonyl (C=O) groups is 2. The molecule has 0 atom stereocenters. The second-order valence-electron chi connectivity index (χ2n) is 3.81. The molecule has 0 bridgehead atoms. The van der Waals surface area contributed by atoms with Crippen LogP contribution in [0.25, 0.3) is 0 Å². The zero-order valence-corrected chi connectivity index (χ0v) is 10.3. The summed E-state index contributed by atoms with van der Waals surface area (Å²) in [5.74, 6) is 0.502. The number of esters is 1. The first-order valence-electron chi connectivity index (χ1n) is 5.64. The zero-order chi connectivity index (χ0) is 13.7. The summed E-state index contributed by atoms with van der Waals surface area (Å²) in [6.45, 7) is 0. The second-order valence-corrected chi connectivity index (χ2v) is 3.81. The summed E-state index contributed by atoms with van der Waals surface area (Å²) in [5, 5.41) is 0. The van der Waals surface area contributed by atoms with Crippen LogP contribution >= 0.6 is 0 Å². The molecule has 0 aliphatic carbocycles. The molecule has 4 heteroatoms. The molecule has 2 aromatic carbocycles. The maximum atomic E-state index is 11.9. The van der Waals surface area contributed by atoms with Gasteiger partial charge in [-0.1, -0.05) is 6.07 Å². The first kappa shape index (κ1) is 12.8. The first-order valence-corrected chi connectivity index (χ1v) is 5.64.